The molecule has 26 heavy (non-hydrogen) atoms. The van der Waals surface area contributed by atoms with Gasteiger partial charge in [-0.15, -0.1) is 0 Å². The number of hydrogen-bond acceptors (Lipinski definition) is 7. The molecule has 0 unspecified atom stereocenters. The number of aryl methyl sites for hydroxylation is 3. The summed E-state index contributed by atoms with van der Waals surface area (Å²) in [5.41, 5.74) is 1.96. The fourth-order valence-corrected chi connectivity index (χ4v) is 4.84. The summed E-state index contributed by atoms with van der Waals surface area (Å²) in [4.78, 5) is 13.3. The molecule has 1 saturated heterocycles. The summed E-state index contributed by atoms with van der Waals surface area (Å²) in [6.45, 7) is 7.24. The molecule has 0 radical (unpaired) electrons. The number of nitrogens with zero attached hydrogens (tertiary/aromatic N) is 6. The van der Waals surface area contributed by atoms with Crippen LogP contribution in [-0.4, -0.2) is 73.2 Å². The number of H-pyrrole nitrogens is 1. The molecule has 10 heteroatoms. The van der Waals surface area contributed by atoms with Gasteiger partial charge < -0.3 is 9.80 Å². The lowest BCUT2D eigenvalue weighted by molar-refractivity contribution is 0.382. The van der Waals surface area contributed by atoms with Gasteiger partial charge in [0.05, 0.1) is 11.4 Å². The van der Waals surface area contributed by atoms with Crippen LogP contribution in [0.4, 0.5) is 11.8 Å². The Hall–Kier alpha value is -2.20. The van der Waals surface area contributed by atoms with Crippen molar-refractivity contribution >= 4 is 21.8 Å². The third-order valence-electron chi connectivity index (χ3n) is 4.47. The van der Waals surface area contributed by atoms with E-state index in [9.17, 15) is 8.42 Å². The summed E-state index contributed by atoms with van der Waals surface area (Å²) < 4.78 is 27.4. The quantitative estimate of drug-likeness (QED) is 0.835. The van der Waals surface area contributed by atoms with Gasteiger partial charge in [-0.05, 0) is 20.8 Å². The lowest BCUT2D eigenvalue weighted by atomic mass is 10.3. The highest BCUT2D eigenvalue weighted by Crippen LogP contribution is 2.24. The lowest BCUT2D eigenvalue weighted by Gasteiger charge is -2.34. The van der Waals surface area contributed by atoms with E-state index in [4.69, 9.17) is 0 Å². The van der Waals surface area contributed by atoms with E-state index in [1.165, 1.54) is 4.31 Å². The van der Waals surface area contributed by atoms with Gasteiger partial charge in [-0.2, -0.15) is 14.4 Å². The fraction of sp³-hybridized carbons (Fsp3) is 0.562. The van der Waals surface area contributed by atoms with E-state index < -0.39 is 10.0 Å². The second kappa shape index (κ2) is 6.84. The van der Waals surface area contributed by atoms with Gasteiger partial charge in [0.25, 0.3) is 0 Å². The Morgan fingerprint density at radius 1 is 1.08 bits per heavy atom. The number of sulfonamides is 1. The molecule has 3 rings (SSSR count). The maximum atomic E-state index is 12.9. The molecule has 9 nitrogen and oxygen atoms in total. The molecular formula is C16H25N7O2S. The van der Waals surface area contributed by atoms with E-state index in [2.05, 4.69) is 20.2 Å². The van der Waals surface area contributed by atoms with Crippen LogP contribution in [0.15, 0.2) is 11.0 Å². The molecule has 0 saturated carbocycles. The van der Waals surface area contributed by atoms with Gasteiger partial charge in [0, 0.05) is 52.0 Å². The Bertz CT molecular complexity index is 880. The molecular weight excluding hydrogens is 354 g/mol. The Morgan fingerprint density at radius 3 is 2.27 bits per heavy atom. The highest BCUT2D eigenvalue weighted by molar-refractivity contribution is 7.89. The number of piperazine rings is 1. The van der Waals surface area contributed by atoms with Crippen LogP contribution in [0.5, 0.6) is 0 Å². The average molecular weight is 379 g/mol. The fourth-order valence-electron chi connectivity index (χ4n) is 3.09. The summed E-state index contributed by atoms with van der Waals surface area (Å²) in [7, 11) is 0.321. The Labute approximate surface area is 154 Å². The zero-order valence-corrected chi connectivity index (χ0v) is 16.6. The molecule has 142 valence electrons. The van der Waals surface area contributed by atoms with E-state index in [0.717, 1.165) is 11.5 Å². The average Bonchev–Trinajstić information content (AvgIpc) is 2.93. The van der Waals surface area contributed by atoms with Crippen molar-refractivity contribution in [2.75, 3.05) is 50.1 Å². The van der Waals surface area contributed by atoms with E-state index in [-0.39, 0.29) is 4.90 Å². The minimum Gasteiger partial charge on any atom is -0.363 e. The van der Waals surface area contributed by atoms with E-state index >= 15 is 0 Å². The van der Waals surface area contributed by atoms with Crippen LogP contribution in [0.25, 0.3) is 0 Å². The van der Waals surface area contributed by atoms with Crippen LogP contribution in [0.3, 0.4) is 0 Å². The predicted molar refractivity (Wildman–Crippen MR) is 100 cm³/mol. The van der Waals surface area contributed by atoms with Gasteiger partial charge in [0.2, 0.25) is 16.0 Å². The minimum absolute atomic E-state index is 0.285. The Morgan fingerprint density at radius 2 is 1.73 bits per heavy atom. The molecule has 0 spiro atoms. The van der Waals surface area contributed by atoms with Crippen LogP contribution < -0.4 is 9.80 Å². The number of rotatable bonds is 4. The third kappa shape index (κ3) is 3.38. The molecule has 0 bridgehead atoms. The van der Waals surface area contributed by atoms with Gasteiger partial charge in [-0.1, -0.05) is 0 Å². The first-order chi connectivity index (χ1) is 12.2. The van der Waals surface area contributed by atoms with Crippen LogP contribution in [0.2, 0.25) is 0 Å². The number of hydrogen-bond donors (Lipinski definition) is 1. The van der Waals surface area contributed by atoms with Gasteiger partial charge in [-0.3, -0.25) is 5.10 Å². The predicted octanol–water partition coefficient (Wildman–Crippen LogP) is 0.702. The largest absolute Gasteiger partial charge is 0.363 e. The zero-order chi connectivity index (χ0) is 19.1. The number of anilines is 2. The van der Waals surface area contributed by atoms with Crippen LogP contribution in [0.1, 0.15) is 17.1 Å². The lowest BCUT2D eigenvalue weighted by Crippen LogP contribution is -2.49. The molecule has 1 fully saturated rings. The standard InChI is InChI=1S/C16H25N7O2S/c1-11-10-14(21(4)5)18-16(17-11)22-6-8-23(9-7-22)26(24,25)15-12(2)19-20-13(15)3/h10H,6-9H2,1-5H3,(H,19,20). The molecule has 0 aromatic carbocycles. The Kier molecular flexibility index (Phi) is 4.89. The van der Waals surface area contributed by atoms with Crippen molar-refractivity contribution in [2.24, 2.45) is 0 Å². The molecule has 2 aromatic rings. The van der Waals surface area contributed by atoms with Crippen molar-refractivity contribution in [3.05, 3.63) is 23.1 Å². The summed E-state index contributed by atoms with van der Waals surface area (Å²) >= 11 is 0. The maximum Gasteiger partial charge on any atom is 0.246 e. The van der Waals surface area contributed by atoms with Gasteiger partial charge in [0.1, 0.15) is 10.7 Å². The minimum atomic E-state index is -3.55. The molecule has 2 aromatic heterocycles. The van der Waals surface area contributed by atoms with E-state index in [0.29, 0.717) is 43.5 Å². The molecule has 1 aliphatic rings. The SMILES string of the molecule is Cc1cc(N(C)C)nc(N2CCN(S(=O)(=O)c3c(C)n[nH]c3C)CC2)n1. The topological polar surface area (TPSA) is 98.3 Å². The molecule has 1 N–H and O–H groups in total. The Balaban J connectivity index is 1.78. The van der Waals surface area contributed by atoms with Crippen LogP contribution >= 0.6 is 0 Å². The first-order valence-electron chi connectivity index (χ1n) is 8.50. The molecule has 1 aliphatic heterocycles. The van der Waals surface area contributed by atoms with E-state index in [1.807, 2.05) is 36.9 Å². The molecule has 0 amide bonds. The smallest absolute Gasteiger partial charge is 0.246 e. The number of aromatic amines is 1. The highest BCUT2D eigenvalue weighted by atomic mass is 32.2. The van der Waals surface area contributed by atoms with Crippen molar-refractivity contribution in [1.82, 2.24) is 24.5 Å². The number of nitrogens with one attached hydrogen (secondary N) is 1. The van der Waals surface area contributed by atoms with Crippen molar-refractivity contribution in [2.45, 2.75) is 25.7 Å². The monoisotopic (exact) mass is 379 g/mol. The van der Waals surface area contributed by atoms with Crippen molar-refractivity contribution in [1.29, 1.82) is 0 Å². The van der Waals surface area contributed by atoms with Gasteiger partial charge in [-0.25, -0.2) is 13.4 Å². The van der Waals surface area contributed by atoms with Crippen molar-refractivity contribution in [3.63, 3.8) is 0 Å². The number of aromatic nitrogens is 4. The van der Waals surface area contributed by atoms with Gasteiger partial charge >= 0.3 is 0 Å². The van der Waals surface area contributed by atoms with Crippen molar-refractivity contribution in [3.8, 4) is 0 Å². The first kappa shape index (κ1) is 18.6. The summed E-state index contributed by atoms with van der Waals surface area (Å²) in [5, 5.41) is 6.76. The second-order valence-electron chi connectivity index (χ2n) is 6.72. The molecule has 0 aliphatic carbocycles. The second-order valence-corrected chi connectivity index (χ2v) is 8.59. The van der Waals surface area contributed by atoms with Crippen LogP contribution in [-0.2, 0) is 10.0 Å². The highest BCUT2D eigenvalue weighted by Gasteiger charge is 2.32. The molecule has 0 atom stereocenters. The first-order valence-corrected chi connectivity index (χ1v) is 9.94. The van der Waals surface area contributed by atoms with E-state index in [1.54, 1.807) is 13.8 Å². The third-order valence-corrected chi connectivity index (χ3v) is 6.63. The van der Waals surface area contributed by atoms with Gasteiger partial charge in [0.15, 0.2) is 0 Å². The summed E-state index contributed by atoms with van der Waals surface area (Å²) in [5.74, 6) is 1.48. The summed E-state index contributed by atoms with van der Waals surface area (Å²) in [6.07, 6.45) is 0. The molecule has 3 heterocycles. The normalized spacial score (nSPS) is 16.1. The van der Waals surface area contributed by atoms with Crippen molar-refractivity contribution < 1.29 is 8.42 Å². The zero-order valence-electron chi connectivity index (χ0n) is 15.8. The maximum absolute atomic E-state index is 12.9. The van der Waals surface area contributed by atoms with Crippen LogP contribution in [0, 0.1) is 20.8 Å². The summed E-state index contributed by atoms with van der Waals surface area (Å²) in [6, 6.07) is 1.93.